The van der Waals surface area contributed by atoms with Gasteiger partial charge in [-0.15, -0.1) is 0 Å². The summed E-state index contributed by atoms with van der Waals surface area (Å²) in [6, 6.07) is 3.13. The van der Waals surface area contributed by atoms with E-state index in [1.807, 2.05) is 19.1 Å². The fourth-order valence-corrected chi connectivity index (χ4v) is 1.48. The molecule has 0 aliphatic carbocycles. The van der Waals surface area contributed by atoms with E-state index in [0.717, 1.165) is 12.2 Å². The summed E-state index contributed by atoms with van der Waals surface area (Å²) in [5.41, 5.74) is -1.29. The molecule has 1 unspecified atom stereocenters. The molecule has 0 bridgehead atoms. The van der Waals surface area contributed by atoms with Gasteiger partial charge in [-0.2, -0.15) is 0 Å². The number of hydrogen-bond acceptors (Lipinski definition) is 3. The van der Waals surface area contributed by atoms with Crippen LogP contribution < -0.4 is 10.6 Å². The fourth-order valence-electron chi connectivity index (χ4n) is 1.48. The van der Waals surface area contributed by atoms with Crippen molar-refractivity contribution < 1.29 is 19.1 Å². The molecule has 0 fully saturated rings. The van der Waals surface area contributed by atoms with Crippen molar-refractivity contribution >= 4 is 12.0 Å². The third kappa shape index (κ3) is 5.03. The zero-order valence-electron chi connectivity index (χ0n) is 11.4. The Morgan fingerprint density at radius 1 is 1.47 bits per heavy atom. The molecule has 0 aliphatic rings. The summed E-state index contributed by atoms with van der Waals surface area (Å²) in [4.78, 5) is 22.5. The Bertz CT molecular complexity index is 426. The Morgan fingerprint density at radius 3 is 2.68 bits per heavy atom. The number of carboxylic acid groups (broad SMARTS) is 1. The molecule has 1 aromatic heterocycles. The highest BCUT2D eigenvalue weighted by atomic mass is 16.4. The normalized spacial score (nSPS) is 12.8. The van der Waals surface area contributed by atoms with Gasteiger partial charge < -0.3 is 20.2 Å². The Morgan fingerprint density at radius 2 is 2.16 bits per heavy atom. The van der Waals surface area contributed by atoms with Gasteiger partial charge in [0.15, 0.2) is 0 Å². The van der Waals surface area contributed by atoms with E-state index >= 15 is 0 Å². The summed E-state index contributed by atoms with van der Waals surface area (Å²) >= 11 is 0. The molecular weight excluding hydrogens is 248 g/mol. The lowest BCUT2D eigenvalue weighted by Crippen LogP contribution is -2.54. The van der Waals surface area contributed by atoms with Gasteiger partial charge in [-0.3, -0.25) is 0 Å². The van der Waals surface area contributed by atoms with Crippen LogP contribution in [-0.4, -0.2) is 28.7 Å². The Balaban J connectivity index is 2.33. The zero-order valence-corrected chi connectivity index (χ0v) is 11.4. The average Bonchev–Trinajstić information content (AvgIpc) is 2.77. The van der Waals surface area contributed by atoms with E-state index in [1.165, 1.54) is 13.8 Å². The molecule has 0 spiro atoms. The molecule has 0 saturated carbocycles. The van der Waals surface area contributed by atoms with Crippen LogP contribution >= 0.6 is 0 Å². The van der Waals surface area contributed by atoms with Gasteiger partial charge in [0.1, 0.15) is 11.3 Å². The van der Waals surface area contributed by atoms with Crippen LogP contribution in [0, 0.1) is 0 Å². The molecule has 0 radical (unpaired) electrons. The number of nitrogens with one attached hydrogen (secondary N) is 2. The Labute approximate surface area is 112 Å². The largest absolute Gasteiger partial charge is 0.480 e. The molecular formula is C13H20N2O4. The number of carboxylic acids is 1. The molecule has 0 aliphatic heterocycles. The molecule has 106 valence electrons. The van der Waals surface area contributed by atoms with Crippen LogP contribution in [0.2, 0.25) is 0 Å². The smallest absolute Gasteiger partial charge is 0.328 e. The predicted molar refractivity (Wildman–Crippen MR) is 69.9 cm³/mol. The number of furan rings is 1. The van der Waals surface area contributed by atoms with Crippen LogP contribution in [0.15, 0.2) is 22.8 Å². The van der Waals surface area contributed by atoms with Crippen LogP contribution in [-0.2, 0) is 11.2 Å². The molecule has 2 amide bonds. The molecule has 3 N–H and O–H groups in total. The van der Waals surface area contributed by atoms with Gasteiger partial charge in [0.05, 0.1) is 6.26 Å². The van der Waals surface area contributed by atoms with Crippen molar-refractivity contribution in [3.8, 4) is 0 Å². The van der Waals surface area contributed by atoms with Gasteiger partial charge in [0, 0.05) is 12.5 Å². The van der Waals surface area contributed by atoms with Crippen molar-refractivity contribution in [2.45, 2.75) is 45.2 Å². The molecule has 1 rings (SSSR count). The molecule has 6 nitrogen and oxygen atoms in total. The first-order valence-electron chi connectivity index (χ1n) is 6.15. The van der Waals surface area contributed by atoms with Crippen molar-refractivity contribution in [3.05, 3.63) is 24.2 Å². The first kappa shape index (κ1) is 15.1. The number of hydrogen-bond donors (Lipinski definition) is 3. The van der Waals surface area contributed by atoms with Gasteiger partial charge >= 0.3 is 12.0 Å². The minimum absolute atomic E-state index is 0.0744. The number of rotatable bonds is 6. The van der Waals surface area contributed by atoms with Crippen LogP contribution in [0.5, 0.6) is 0 Å². The highest BCUT2D eigenvalue weighted by molar-refractivity contribution is 5.85. The first-order valence-corrected chi connectivity index (χ1v) is 6.15. The van der Waals surface area contributed by atoms with E-state index in [1.54, 1.807) is 6.26 Å². The summed E-state index contributed by atoms with van der Waals surface area (Å²) in [5.74, 6) is -0.217. The average molecular weight is 268 g/mol. The summed E-state index contributed by atoms with van der Waals surface area (Å²) in [6.07, 6.45) is 3.04. The van der Waals surface area contributed by atoms with E-state index in [9.17, 15) is 9.59 Å². The van der Waals surface area contributed by atoms with E-state index in [0.29, 0.717) is 6.42 Å². The quantitative estimate of drug-likeness (QED) is 0.733. The summed E-state index contributed by atoms with van der Waals surface area (Å²) < 4.78 is 5.19. The molecule has 1 heterocycles. The Hall–Kier alpha value is -1.98. The number of amides is 2. The lowest BCUT2D eigenvalue weighted by atomic mass is 10.1. The molecule has 1 aromatic rings. The molecule has 19 heavy (non-hydrogen) atoms. The topological polar surface area (TPSA) is 91.6 Å². The number of carbonyl (C=O) groups excluding carboxylic acids is 1. The lowest BCUT2D eigenvalue weighted by Gasteiger charge is -2.23. The van der Waals surface area contributed by atoms with Gasteiger partial charge in [-0.25, -0.2) is 9.59 Å². The summed E-state index contributed by atoms with van der Waals surface area (Å²) in [7, 11) is 0. The monoisotopic (exact) mass is 268 g/mol. The van der Waals surface area contributed by atoms with Crippen LogP contribution in [0.3, 0.4) is 0 Å². The highest BCUT2D eigenvalue weighted by Crippen LogP contribution is 2.06. The van der Waals surface area contributed by atoms with Crippen molar-refractivity contribution in [2.75, 3.05) is 0 Å². The number of carbonyl (C=O) groups is 2. The molecule has 1 atom stereocenters. The van der Waals surface area contributed by atoms with Crippen LogP contribution in [0.1, 0.15) is 33.0 Å². The number of aliphatic carboxylic acids is 1. The second-order valence-corrected chi connectivity index (χ2v) is 5.05. The molecule has 6 heteroatoms. The van der Waals surface area contributed by atoms with Crippen molar-refractivity contribution in [1.29, 1.82) is 0 Å². The minimum Gasteiger partial charge on any atom is -0.480 e. The fraction of sp³-hybridized carbons (Fsp3) is 0.538. The van der Waals surface area contributed by atoms with Gasteiger partial charge in [-0.05, 0) is 39.3 Å². The Kier molecular flexibility index (Phi) is 4.97. The van der Waals surface area contributed by atoms with Crippen molar-refractivity contribution in [2.24, 2.45) is 0 Å². The number of aryl methyl sites for hydroxylation is 1. The second kappa shape index (κ2) is 6.26. The van der Waals surface area contributed by atoms with E-state index in [2.05, 4.69) is 10.6 Å². The highest BCUT2D eigenvalue weighted by Gasteiger charge is 2.29. The minimum atomic E-state index is -1.29. The SMILES string of the molecule is CC(CCc1ccco1)NC(=O)NC(C)(C)C(=O)O. The van der Waals surface area contributed by atoms with E-state index in [4.69, 9.17) is 9.52 Å². The maximum absolute atomic E-state index is 11.6. The van der Waals surface area contributed by atoms with Crippen molar-refractivity contribution in [3.63, 3.8) is 0 Å². The van der Waals surface area contributed by atoms with E-state index < -0.39 is 17.5 Å². The zero-order chi connectivity index (χ0) is 14.5. The van der Waals surface area contributed by atoms with Gasteiger partial charge in [-0.1, -0.05) is 0 Å². The summed E-state index contributed by atoms with van der Waals surface area (Å²) in [5, 5.41) is 14.0. The summed E-state index contributed by atoms with van der Waals surface area (Å²) in [6.45, 7) is 4.72. The van der Waals surface area contributed by atoms with Crippen LogP contribution in [0.4, 0.5) is 4.79 Å². The number of urea groups is 1. The first-order chi connectivity index (χ1) is 8.81. The van der Waals surface area contributed by atoms with Crippen LogP contribution in [0.25, 0.3) is 0 Å². The molecule has 0 aromatic carbocycles. The standard InChI is InChI=1S/C13H20N2O4/c1-9(6-7-10-5-4-8-19-10)14-12(18)15-13(2,3)11(16)17/h4-5,8-9H,6-7H2,1-3H3,(H,16,17)(H2,14,15,18). The van der Waals surface area contributed by atoms with E-state index in [-0.39, 0.29) is 6.04 Å². The van der Waals surface area contributed by atoms with Crippen molar-refractivity contribution in [1.82, 2.24) is 10.6 Å². The third-order valence-electron chi connectivity index (χ3n) is 2.74. The van der Waals surface area contributed by atoms with Gasteiger partial charge in [0.25, 0.3) is 0 Å². The lowest BCUT2D eigenvalue weighted by molar-refractivity contribution is -0.142. The second-order valence-electron chi connectivity index (χ2n) is 5.05. The van der Waals surface area contributed by atoms with Gasteiger partial charge in [0.2, 0.25) is 0 Å². The maximum atomic E-state index is 11.6. The predicted octanol–water partition coefficient (Wildman–Crippen LogP) is 1.76. The third-order valence-corrected chi connectivity index (χ3v) is 2.74. The molecule has 0 saturated heterocycles. The maximum Gasteiger partial charge on any atom is 0.328 e.